The monoisotopic (exact) mass is 319 g/mol. The number of rotatable bonds is 5. The highest BCUT2D eigenvalue weighted by molar-refractivity contribution is 6.18. The predicted molar refractivity (Wildman–Crippen MR) is 83.4 cm³/mol. The molecule has 3 rings (SSSR count). The summed E-state index contributed by atoms with van der Waals surface area (Å²) in [6, 6.07) is 7.39. The van der Waals surface area contributed by atoms with Gasteiger partial charge in [-0.05, 0) is 23.4 Å². The zero-order valence-corrected chi connectivity index (χ0v) is 12.8. The smallest absolute Gasteiger partial charge is 0.155 e. The second-order valence-corrected chi connectivity index (χ2v) is 4.83. The van der Waals surface area contributed by atoms with Gasteiger partial charge in [0.25, 0.3) is 0 Å². The largest absolute Gasteiger partial charge is 0.497 e. The van der Waals surface area contributed by atoms with E-state index in [0.29, 0.717) is 23.4 Å². The van der Waals surface area contributed by atoms with Crippen molar-refractivity contribution in [2.24, 2.45) is 0 Å². The van der Waals surface area contributed by atoms with Gasteiger partial charge < -0.3 is 14.8 Å². The molecule has 0 radical (unpaired) electrons. The molecule has 0 saturated heterocycles. The number of ether oxygens (including phenoxy) is 2. The van der Waals surface area contributed by atoms with Crippen molar-refractivity contribution in [3.63, 3.8) is 0 Å². The number of anilines is 1. The number of fused-ring (bicyclic) bond motifs is 1. The molecule has 114 valence electrons. The Morgan fingerprint density at radius 2 is 2.09 bits per heavy atom. The van der Waals surface area contributed by atoms with E-state index in [0.717, 1.165) is 17.1 Å². The molecule has 0 unspecified atom stereocenters. The van der Waals surface area contributed by atoms with Crippen LogP contribution in [0.5, 0.6) is 11.5 Å². The van der Waals surface area contributed by atoms with Gasteiger partial charge in [0.2, 0.25) is 0 Å². The Kier molecular flexibility index (Phi) is 3.97. The minimum absolute atomic E-state index is 0.515. The molecular weight excluding hydrogens is 306 g/mol. The number of halogens is 1. The Balaban J connectivity index is 1.87. The van der Waals surface area contributed by atoms with Crippen LogP contribution in [0.4, 0.5) is 5.82 Å². The van der Waals surface area contributed by atoms with E-state index in [1.807, 2.05) is 18.2 Å². The van der Waals surface area contributed by atoms with Crippen molar-refractivity contribution in [2.75, 3.05) is 19.5 Å². The van der Waals surface area contributed by atoms with E-state index in [4.69, 9.17) is 21.3 Å². The van der Waals surface area contributed by atoms with Crippen molar-refractivity contribution in [1.82, 2.24) is 19.5 Å². The number of nitrogens with zero attached hydrogens (tertiary/aromatic N) is 4. The van der Waals surface area contributed by atoms with Crippen LogP contribution in [0.1, 0.15) is 5.56 Å². The standard InChI is InChI=1S/C14H14ClN5O2/c1-21-10-4-3-9(12(7-10)22-2)8-17-14-13-11(5-6-16-14)18-19-20(13)15/h3-7H,8H2,1-2H3,(H,16,17). The summed E-state index contributed by atoms with van der Waals surface area (Å²) < 4.78 is 11.7. The van der Waals surface area contributed by atoms with Gasteiger partial charge in [-0.3, -0.25) is 0 Å². The molecule has 0 aliphatic rings. The van der Waals surface area contributed by atoms with Crippen molar-refractivity contribution in [1.29, 1.82) is 0 Å². The molecule has 0 aliphatic carbocycles. The highest BCUT2D eigenvalue weighted by atomic mass is 35.5. The summed E-state index contributed by atoms with van der Waals surface area (Å²) in [7, 11) is 3.24. The average Bonchev–Trinajstić information content (AvgIpc) is 2.94. The molecule has 0 bridgehead atoms. The molecule has 0 aliphatic heterocycles. The fourth-order valence-electron chi connectivity index (χ4n) is 2.14. The molecule has 0 spiro atoms. The van der Waals surface area contributed by atoms with Gasteiger partial charge in [-0.1, -0.05) is 0 Å². The normalized spacial score (nSPS) is 10.7. The summed E-state index contributed by atoms with van der Waals surface area (Å²) in [5.41, 5.74) is 2.28. The Morgan fingerprint density at radius 1 is 1.23 bits per heavy atom. The van der Waals surface area contributed by atoms with Crippen molar-refractivity contribution >= 4 is 28.6 Å². The van der Waals surface area contributed by atoms with Crippen molar-refractivity contribution < 1.29 is 9.47 Å². The van der Waals surface area contributed by atoms with Gasteiger partial charge in [0.1, 0.15) is 22.5 Å². The predicted octanol–water partition coefficient (Wildman–Crippen LogP) is 2.46. The van der Waals surface area contributed by atoms with Gasteiger partial charge >= 0.3 is 0 Å². The van der Waals surface area contributed by atoms with Crippen molar-refractivity contribution in [2.45, 2.75) is 6.54 Å². The molecule has 8 heteroatoms. The fourth-order valence-corrected chi connectivity index (χ4v) is 2.35. The van der Waals surface area contributed by atoms with E-state index in [-0.39, 0.29) is 0 Å². The van der Waals surface area contributed by atoms with Crippen LogP contribution >= 0.6 is 11.8 Å². The van der Waals surface area contributed by atoms with E-state index >= 15 is 0 Å². The first-order valence-corrected chi connectivity index (χ1v) is 6.88. The van der Waals surface area contributed by atoms with Crippen LogP contribution in [0.2, 0.25) is 0 Å². The molecule has 22 heavy (non-hydrogen) atoms. The maximum Gasteiger partial charge on any atom is 0.155 e. The van der Waals surface area contributed by atoms with Crippen molar-refractivity contribution in [3.05, 3.63) is 36.0 Å². The van der Waals surface area contributed by atoms with Gasteiger partial charge in [0.05, 0.1) is 14.2 Å². The van der Waals surface area contributed by atoms with Gasteiger partial charge in [-0.15, -0.1) is 9.30 Å². The van der Waals surface area contributed by atoms with Gasteiger partial charge in [0, 0.05) is 36.1 Å². The third-order valence-electron chi connectivity index (χ3n) is 3.26. The molecule has 2 aromatic heterocycles. The number of hydrogen-bond acceptors (Lipinski definition) is 6. The van der Waals surface area contributed by atoms with Gasteiger partial charge in [-0.2, -0.15) is 0 Å². The molecule has 0 atom stereocenters. The number of benzene rings is 1. The van der Waals surface area contributed by atoms with E-state index < -0.39 is 0 Å². The van der Waals surface area contributed by atoms with Crippen LogP contribution in [-0.2, 0) is 6.54 Å². The third kappa shape index (κ3) is 2.62. The van der Waals surface area contributed by atoms with Crippen LogP contribution in [-0.4, -0.2) is 33.7 Å². The average molecular weight is 320 g/mol. The molecule has 0 amide bonds. The first kappa shape index (κ1) is 14.4. The number of nitrogens with one attached hydrogen (secondary N) is 1. The molecule has 3 aromatic rings. The molecule has 7 nitrogen and oxygen atoms in total. The molecule has 2 heterocycles. The summed E-state index contributed by atoms with van der Waals surface area (Å²) in [4.78, 5) is 4.28. The summed E-state index contributed by atoms with van der Waals surface area (Å²) in [5, 5.41) is 11.0. The minimum Gasteiger partial charge on any atom is -0.497 e. The molecule has 1 aromatic carbocycles. The van der Waals surface area contributed by atoms with E-state index in [2.05, 4.69) is 20.6 Å². The number of methoxy groups -OCH3 is 2. The highest BCUT2D eigenvalue weighted by Crippen LogP contribution is 2.26. The molecule has 0 saturated carbocycles. The Bertz CT molecular complexity index is 805. The van der Waals surface area contributed by atoms with E-state index in [1.54, 1.807) is 26.5 Å². The second kappa shape index (κ2) is 6.07. The molecule has 1 N–H and O–H groups in total. The zero-order chi connectivity index (χ0) is 15.5. The Hall–Kier alpha value is -2.54. The lowest BCUT2D eigenvalue weighted by Gasteiger charge is -2.12. The second-order valence-electron chi connectivity index (χ2n) is 4.51. The SMILES string of the molecule is COc1ccc(CNc2nccc3nnn(Cl)c23)c(OC)c1. The lowest BCUT2D eigenvalue weighted by Crippen LogP contribution is -2.04. The highest BCUT2D eigenvalue weighted by Gasteiger charge is 2.11. The number of pyridine rings is 1. The number of aromatic nitrogens is 4. The van der Waals surface area contributed by atoms with Crippen LogP contribution in [0, 0.1) is 0 Å². The van der Waals surface area contributed by atoms with Crippen LogP contribution in [0.15, 0.2) is 30.5 Å². The van der Waals surface area contributed by atoms with Gasteiger partial charge in [-0.25, -0.2) is 4.98 Å². The maximum atomic E-state index is 5.98. The minimum atomic E-state index is 0.515. The maximum absolute atomic E-state index is 5.98. The first-order chi connectivity index (χ1) is 10.7. The first-order valence-electron chi connectivity index (χ1n) is 6.54. The molecular formula is C14H14ClN5O2. The van der Waals surface area contributed by atoms with E-state index in [9.17, 15) is 0 Å². The summed E-state index contributed by atoms with van der Waals surface area (Å²) >= 11 is 5.98. The topological polar surface area (TPSA) is 74.1 Å². The van der Waals surface area contributed by atoms with Crippen LogP contribution in [0.25, 0.3) is 11.0 Å². The summed E-state index contributed by atoms with van der Waals surface area (Å²) in [6.45, 7) is 0.515. The zero-order valence-electron chi connectivity index (χ0n) is 12.1. The summed E-state index contributed by atoms with van der Waals surface area (Å²) in [6.07, 6.45) is 1.65. The van der Waals surface area contributed by atoms with Crippen LogP contribution < -0.4 is 14.8 Å². The Labute approximate surface area is 131 Å². The van der Waals surface area contributed by atoms with Crippen LogP contribution in [0.3, 0.4) is 0 Å². The lowest BCUT2D eigenvalue weighted by molar-refractivity contribution is 0.391. The Morgan fingerprint density at radius 3 is 2.86 bits per heavy atom. The lowest BCUT2D eigenvalue weighted by atomic mass is 10.2. The quantitative estimate of drug-likeness (QED) is 0.778. The van der Waals surface area contributed by atoms with Crippen molar-refractivity contribution in [3.8, 4) is 11.5 Å². The summed E-state index contributed by atoms with van der Waals surface area (Å²) in [5.74, 6) is 2.08. The fraction of sp³-hybridized carbons (Fsp3) is 0.214. The molecule has 0 fully saturated rings. The number of hydrogen-bond donors (Lipinski definition) is 1. The van der Waals surface area contributed by atoms with E-state index in [1.165, 1.54) is 4.20 Å². The third-order valence-corrected chi connectivity index (χ3v) is 3.50. The van der Waals surface area contributed by atoms with Gasteiger partial charge in [0.15, 0.2) is 5.82 Å².